The lowest BCUT2D eigenvalue weighted by molar-refractivity contribution is 0.288. The molecule has 1 aliphatic rings. The average molecular weight is 180 g/mol. The van der Waals surface area contributed by atoms with Gasteiger partial charge in [0, 0.05) is 0 Å². The zero-order valence-electron chi connectivity index (χ0n) is 6.62. The third kappa shape index (κ3) is 1.10. The molecule has 0 aliphatic heterocycles. The molecular formula is C8H10N3S+. The molecule has 1 aliphatic carbocycles. The van der Waals surface area contributed by atoms with Gasteiger partial charge in [0.05, 0.1) is 12.2 Å². The van der Waals surface area contributed by atoms with E-state index < -0.39 is 0 Å². The number of hydrogen-bond donors (Lipinski definition) is 0. The zero-order chi connectivity index (χ0) is 8.55. The van der Waals surface area contributed by atoms with Crippen molar-refractivity contribution < 1.29 is 0 Å². The van der Waals surface area contributed by atoms with Crippen LogP contribution >= 0.6 is 0 Å². The normalized spacial score (nSPS) is 17.0. The predicted octanol–water partition coefficient (Wildman–Crippen LogP) is 0.850. The van der Waals surface area contributed by atoms with Crippen molar-refractivity contribution in [3.8, 4) is 6.07 Å². The van der Waals surface area contributed by atoms with Crippen LogP contribution in [-0.4, -0.2) is 9.78 Å². The third-order valence-corrected chi connectivity index (χ3v) is 2.65. The van der Waals surface area contributed by atoms with Gasteiger partial charge in [-0.1, -0.05) is 0 Å². The molecule has 12 heavy (non-hydrogen) atoms. The summed E-state index contributed by atoms with van der Waals surface area (Å²) < 4.78 is 1.89. The first-order chi connectivity index (χ1) is 5.81. The minimum Gasteiger partial charge on any atom is -0.263 e. The van der Waals surface area contributed by atoms with Crippen molar-refractivity contribution in [3.05, 3.63) is 11.9 Å². The first-order valence-corrected chi connectivity index (χ1v) is 4.52. The molecule has 62 valence electrons. The van der Waals surface area contributed by atoms with E-state index in [0.29, 0.717) is 11.7 Å². The smallest absolute Gasteiger partial charge is 0.216 e. The van der Waals surface area contributed by atoms with E-state index >= 15 is 0 Å². The highest BCUT2D eigenvalue weighted by atomic mass is 32.1. The van der Waals surface area contributed by atoms with Crippen molar-refractivity contribution in [2.75, 3.05) is 0 Å². The molecule has 0 bridgehead atoms. The molecule has 0 spiro atoms. The molecule has 4 heteroatoms. The van der Waals surface area contributed by atoms with Gasteiger partial charge in [0.15, 0.2) is 0 Å². The average Bonchev–Trinajstić information content (AvgIpc) is 2.27. The van der Waals surface area contributed by atoms with Crippen molar-refractivity contribution in [1.29, 1.82) is 5.26 Å². The highest BCUT2D eigenvalue weighted by molar-refractivity contribution is 7.58. The summed E-state index contributed by atoms with van der Waals surface area (Å²) in [7, 11) is 0. The summed E-state index contributed by atoms with van der Waals surface area (Å²) in [6, 6.07) is 2.57. The summed E-state index contributed by atoms with van der Waals surface area (Å²) in [6.07, 6.45) is 5.55. The van der Waals surface area contributed by atoms with Gasteiger partial charge in [0.25, 0.3) is 0 Å². The minimum absolute atomic E-state index is 0.485. The van der Waals surface area contributed by atoms with E-state index in [1.165, 1.54) is 19.3 Å². The molecule has 0 amide bonds. The van der Waals surface area contributed by atoms with E-state index in [-0.39, 0.29) is 0 Å². The topological polar surface area (TPSA) is 41.6 Å². The minimum atomic E-state index is 0.485. The predicted molar refractivity (Wildman–Crippen MR) is 48.3 cm³/mol. The standard InChI is InChI=1S/C8H9N3S/c9-4-7-8(12)5-11(10-7)6-2-1-3-6/h5-6,12H,1-3H2/p+1. The van der Waals surface area contributed by atoms with Crippen LogP contribution in [-0.2, 0) is 12.6 Å². The maximum absolute atomic E-state index is 8.65. The fourth-order valence-electron chi connectivity index (χ4n) is 1.31. The molecule has 1 aromatic heterocycles. The first kappa shape index (κ1) is 7.69. The van der Waals surface area contributed by atoms with Gasteiger partial charge in [-0.3, -0.25) is 4.68 Å². The Labute approximate surface area is 76.4 Å². The Morgan fingerprint density at radius 1 is 1.67 bits per heavy atom. The molecule has 1 fully saturated rings. The van der Waals surface area contributed by atoms with Crippen molar-refractivity contribution in [3.63, 3.8) is 0 Å². The van der Waals surface area contributed by atoms with Crippen LogP contribution in [0.1, 0.15) is 31.0 Å². The van der Waals surface area contributed by atoms with E-state index in [0.717, 1.165) is 4.90 Å². The van der Waals surface area contributed by atoms with Crippen LogP contribution in [0, 0.1) is 11.3 Å². The number of rotatable bonds is 1. The second-order valence-electron chi connectivity index (χ2n) is 3.07. The lowest BCUT2D eigenvalue weighted by Crippen LogP contribution is -2.17. The molecule has 0 radical (unpaired) electrons. The van der Waals surface area contributed by atoms with E-state index in [2.05, 4.69) is 17.7 Å². The Balaban J connectivity index is 2.28. The number of nitrogens with zero attached hydrogens (tertiary/aromatic N) is 3. The van der Waals surface area contributed by atoms with E-state index in [1.54, 1.807) is 0 Å². The van der Waals surface area contributed by atoms with Gasteiger partial charge in [-0.15, -0.1) is 0 Å². The van der Waals surface area contributed by atoms with Gasteiger partial charge in [-0.2, -0.15) is 10.4 Å². The first-order valence-electron chi connectivity index (χ1n) is 4.02. The quantitative estimate of drug-likeness (QED) is 0.601. The van der Waals surface area contributed by atoms with Crippen LogP contribution in [0.25, 0.3) is 0 Å². The maximum atomic E-state index is 8.65. The van der Waals surface area contributed by atoms with Gasteiger partial charge in [-0.25, -0.2) is 0 Å². The number of nitriles is 1. The molecule has 0 unspecified atom stereocenters. The second kappa shape index (κ2) is 2.83. The zero-order valence-corrected chi connectivity index (χ0v) is 7.62. The molecule has 0 saturated heterocycles. The van der Waals surface area contributed by atoms with Crippen molar-refractivity contribution in [2.24, 2.45) is 0 Å². The van der Waals surface area contributed by atoms with Gasteiger partial charge >= 0.3 is 0 Å². The molecule has 1 aromatic rings. The molecular weight excluding hydrogens is 170 g/mol. The lowest BCUT2D eigenvalue weighted by Gasteiger charge is -2.25. The Kier molecular flexibility index (Phi) is 1.81. The lowest BCUT2D eigenvalue weighted by atomic mass is 9.93. The molecule has 3 nitrogen and oxygen atoms in total. The SMILES string of the molecule is N#Cc1nn(C2CCC2)cc1[SH2+]. The van der Waals surface area contributed by atoms with Gasteiger partial charge < -0.3 is 0 Å². The van der Waals surface area contributed by atoms with Crippen LogP contribution in [0.3, 0.4) is 0 Å². The Morgan fingerprint density at radius 3 is 2.83 bits per heavy atom. The molecule has 0 aromatic carbocycles. The Hall–Kier alpha value is -0.950. The molecule has 1 heterocycles. The third-order valence-electron chi connectivity index (χ3n) is 2.29. The molecule has 0 N–H and O–H groups in total. The van der Waals surface area contributed by atoms with E-state index in [4.69, 9.17) is 5.26 Å². The van der Waals surface area contributed by atoms with Crippen molar-refractivity contribution in [2.45, 2.75) is 30.2 Å². The summed E-state index contributed by atoms with van der Waals surface area (Å²) in [6.45, 7) is 0. The van der Waals surface area contributed by atoms with E-state index in [9.17, 15) is 0 Å². The second-order valence-corrected chi connectivity index (χ2v) is 3.61. The summed E-state index contributed by atoms with van der Waals surface area (Å²) in [4.78, 5) is 0.796. The largest absolute Gasteiger partial charge is 0.263 e. The van der Waals surface area contributed by atoms with Crippen LogP contribution in [0.2, 0.25) is 0 Å². The van der Waals surface area contributed by atoms with Crippen LogP contribution < -0.4 is 0 Å². The molecule has 2 rings (SSSR count). The van der Waals surface area contributed by atoms with E-state index in [1.807, 2.05) is 16.9 Å². The fraction of sp³-hybridized carbons (Fsp3) is 0.500. The number of aromatic nitrogens is 2. The Morgan fingerprint density at radius 2 is 2.42 bits per heavy atom. The fourth-order valence-corrected chi connectivity index (χ4v) is 1.55. The van der Waals surface area contributed by atoms with Crippen LogP contribution in [0.5, 0.6) is 0 Å². The van der Waals surface area contributed by atoms with Gasteiger partial charge in [0.2, 0.25) is 10.6 Å². The molecule has 0 atom stereocenters. The monoisotopic (exact) mass is 180 g/mol. The summed E-state index contributed by atoms with van der Waals surface area (Å²) in [5.74, 6) is 0. The highest BCUT2D eigenvalue weighted by Gasteiger charge is 2.22. The maximum Gasteiger partial charge on any atom is 0.216 e. The van der Waals surface area contributed by atoms with Crippen LogP contribution in [0.15, 0.2) is 11.1 Å². The molecule has 1 saturated carbocycles. The van der Waals surface area contributed by atoms with Gasteiger partial charge in [0.1, 0.15) is 6.07 Å². The number of hydrogen-bond acceptors (Lipinski definition) is 2. The summed E-state index contributed by atoms with van der Waals surface area (Å²) in [5, 5.41) is 12.8. The van der Waals surface area contributed by atoms with Crippen molar-refractivity contribution in [1.82, 2.24) is 9.78 Å². The Bertz CT molecular complexity index is 333. The van der Waals surface area contributed by atoms with Crippen molar-refractivity contribution >= 4 is 12.6 Å². The van der Waals surface area contributed by atoms with Gasteiger partial charge in [-0.05, 0) is 31.9 Å². The van der Waals surface area contributed by atoms with Crippen LogP contribution in [0.4, 0.5) is 0 Å². The highest BCUT2D eigenvalue weighted by Crippen LogP contribution is 2.31. The summed E-state index contributed by atoms with van der Waals surface area (Å²) in [5.41, 5.74) is 0.485. The summed E-state index contributed by atoms with van der Waals surface area (Å²) >= 11 is 3.34.